The van der Waals surface area contributed by atoms with E-state index in [-0.39, 0.29) is 5.75 Å². The molecule has 0 aliphatic heterocycles. The van der Waals surface area contributed by atoms with Gasteiger partial charge in [0.25, 0.3) is 0 Å². The molecule has 0 bridgehead atoms. The highest BCUT2D eigenvalue weighted by molar-refractivity contribution is 7.07. The molecule has 0 aliphatic carbocycles. The van der Waals surface area contributed by atoms with Crippen molar-refractivity contribution in [2.45, 2.75) is 25.3 Å². The van der Waals surface area contributed by atoms with Crippen molar-refractivity contribution >= 4 is 11.3 Å². The summed E-state index contributed by atoms with van der Waals surface area (Å²) in [5, 5.41) is 13.9. The van der Waals surface area contributed by atoms with E-state index in [0.717, 1.165) is 5.56 Å². The van der Waals surface area contributed by atoms with Crippen LogP contribution in [0.3, 0.4) is 0 Å². The number of ether oxygens (including phenoxy) is 1. The van der Waals surface area contributed by atoms with Crippen molar-refractivity contribution in [3.05, 3.63) is 52.2 Å². The van der Waals surface area contributed by atoms with Gasteiger partial charge in [0.1, 0.15) is 5.75 Å². The van der Waals surface area contributed by atoms with Crippen LogP contribution in [-0.4, -0.2) is 11.5 Å². The molecule has 2 nitrogen and oxygen atoms in total. The summed E-state index contributed by atoms with van der Waals surface area (Å²) in [6.45, 7) is 0. The third kappa shape index (κ3) is 4.54. The second-order valence-electron chi connectivity index (χ2n) is 4.31. The molecular formula is C14H13F3O2S. The van der Waals surface area contributed by atoms with E-state index >= 15 is 0 Å². The highest BCUT2D eigenvalue weighted by Crippen LogP contribution is 2.27. The van der Waals surface area contributed by atoms with Crippen molar-refractivity contribution in [1.82, 2.24) is 0 Å². The molecule has 6 heteroatoms. The first kappa shape index (κ1) is 14.9. The normalized spacial score (nSPS) is 13.2. The maximum Gasteiger partial charge on any atom is 0.573 e. The highest BCUT2D eigenvalue weighted by Gasteiger charge is 2.31. The summed E-state index contributed by atoms with van der Waals surface area (Å²) in [5.74, 6) is -0.315. The van der Waals surface area contributed by atoms with Crippen molar-refractivity contribution < 1.29 is 23.0 Å². The maximum absolute atomic E-state index is 12.1. The Morgan fingerprint density at radius 2 is 2.05 bits per heavy atom. The minimum absolute atomic E-state index is 0.315. The summed E-state index contributed by atoms with van der Waals surface area (Å²) in [6, 6.07) is 7.40. The lowest BCUT2D eigenvalue weighted by atomic mass is 10.0. The van der Waals surface area contributed by atoms with Crippen LogP contribution in [0.4, 0.5) is 13.2 Å². The number of rotatable bonds is 5. The Balaban J connectivity index is 1.99. The van der Waals surface area contributed by atoms with Crippen molar-refractivity contribution in [3.63, 3.8) is 0 Å². The molecule has 0 aliphatic rings. The second kappa shape index (κ2) is 6.28. The fourth-order valence-corrected chi connectivity index (χ4v) is 2.53. The number of benzene rings is 1. The molecule has 1 N–H and O–H groups in total. The summed E-state index contributed by atoms with van der Waals surface area (Å²) in [5.41, 5.74) is 1.53. The van der Waals surface area contributed by atoms with Crippen LogP contribution in [0.2, 0.25) is 0 Å². The van der Waals surface area contributed by atoms with Crippen LogP contribution in [0.15, 0.2) is 41.1 Å². The Morgan fingerprint density at radius 3 is 2.70 bits per heavy atom. The highest BCUT2D eigenvalue weighted by atomic mass is 32.1. The molecule has 0 saturated carbocycles. The monoisotopic (exact) mass is 302 g/mol. The molecule has 108 valence electrons. The second-order valence-corrected chi connectivity index (χ2v) is 5.09. The van der Waals surface area contributed by atoms with E-state index in [1.165, 1.54) is 18.2 Å². The van der Waals surface area contributed by atoms with Gasteiger partial charge in [0, 0.05) is 0 Å². The molecule has 20 heavy (non-hydrogen) atoms. The molecule has 0 saturated heterocycles. The lowest BCUT2D eigenvalue weighted by molar-refractivity contribution is -0.274. The number of aryl methyl sites for hydroxylation is 1. The summed E-state index contributed by atoms with van der Waals surface area (Å²) in [4.78, 5) is 0. The van der Waals surface area contributed by atoms with Gasteiger partial charge in [-0.25, -0.2) is 0 Å². The molecule has 1 unspecified atom stereocenters. The van der Waals surface area contributed by atoms with E-state index in [9.17, 15) is 18.3 Å². The zero-order valence-electron chi connectivity index (χ0n) is 10.4. The van der Waals surface area contributed by atoms with Gasteiger partial charge in [-0.05, 0) is 52.9 Å². The largest absolute Gasteiger partial charge is 0.573 e. The SMILES string of the molecule is OC(CCc1ccsc1)c1cccc(OC(F)(F)F)c1. The first-order valence-electron chi connectivity index (χ1n) is 5.99. The standard InChI is InChI=1S/C14H13F3O2S/c15-14(16,17)19-12-3-1-2-11(8-12)13(18)5-4-10-6-7-20-9-10/h1-3,6-9,13,18H,4-5H2. The van der Waals surface area contributed by atoms with Gasteiger partial charge in [-0.15, -0.1) is 13.2 Å². The Hall–Kier alpha value is -1.53. The third-order valence-electron chi connectivity index (χ3n) is 2.76. The van der Waals surface area contributed by atoms with Crippen LogP contribution in [0.1, 0.15) is 23.7 Å². The Bertz CT molecular complexity index is 538. The van der Waals surface area contributed by atoms with Gasteiger partial charge < -0.3 is 9.84 Å². The average Bonchev–Trinajstić information content (AvgIpc) is 2.87. The lowest BCUT2D eigenvalue weighted by Gasteiger charge is -2.13. The number of hydrogen-bond acceptors (Lipinski definition) is 3. The Labute approximate surface area is 118 Å². The van der Waals surface area contributed by atoms with Crippen molar-refractivity contribution in [1.29, 1.82) is 0 Å². The van der Waals surface area contributed by atoms with Gasteiger partial charge in [0.15, 0.2) is 0 Å². The Kier molecular flexibility index (Phi) is 4.67. The van der Waals surface area contributed by atoms with Crippen LogP contribution in [0, 0.1) is 0 Å². The summed E-state index contributed by atoms with van der Waals surface area (Å²) in [6.07, 6.45) is -4.41. The predicted molar refractivity (Wildman–Crippen MR) is 70.7 cm³/mol. The molecule has 0 spiro atoms. The number of thiophene rings is 1. The van der Waals surface area contributed by atoms with Crippen molar-refractivity contribution in [2.75, 3.05) is 0 Å². The molecule has 1 heterocycles. The minimum Gasteiger partial charge on any atom is -0.406 e. The van der Waals surface area contributed by atoms with Crippen LogP contribution >= 0.6 is 11.3 Å². The fraction of sp³-hybridized carbons (Fsp3) is 0.286. The van der Waals surface area contributed by atoms with E-state index < -0.39 is 12.5 Å². The average molecular weight is 302 g/mol. The molecule has 1 atom stereocenters. The van der Waals surface area contributed by atoms with Gasteiger partial charge in [0.05, 0.1) is 6.10 Å². The fourth-order valence-electron chi connectivity index (χ4n) is 1.82. The van der Waals surface area contributed by atoms with E-state index in [1.54, 1.807) is 17.4 Å². The number of alkyl halides is 3. The zero-order valence-corrected chi connectivity index (χ0v) is 11.2. The summed E-state index contributed by atoms with van der Waals surface area (Å²) >= 11 is 1.57. The number of aliphatic hydroxyl groups excluding tert-OH is 1. The smallest absolute Gasteiger partial charge is 0.406 e. The van der Waals surface area contributed by atoms with Gasteiger partial charge in [-0.2, -0.15) is 11.3 Å². The van der Waals surface area contributed by atoms with Crippen LogP contribution in [-0.2, 0) is 6.42 Å². The zero-order chi connectivity index (χ0) is 14.6. The lowest BCUT2D eigenvalue weighted by Crippen LogP contribution is -2.17. The Morgan fingerprint density at radius 1 is 1.25 bits per heavy atom. The minimum atomic E-state index is -4.72. The van der Waals surface area contributed by atoms with Crippen LogP contribution in [0.25, 0.3) is 0 Å². The van der Waals surface area contributed by atoms with E-state index in [2.05, 4.69) is 4.74 Å². The molecule has 2 rings (SSSR count). The maximum atomic E-state index is 12.1. The molecule has 0 radical (unpaired) electrons. The van der Waals surface area contributed by atoms with E-state index in [0.29, 0.717) is 18.4 Å². The van der Waals surface area contributed by atoms with E-state index in [1.807, 2.05) is 16.8 Å². The topological polar surface area (TPSA) is 29.5 Å². The van der Waals surface area contributed by atoms with Gasteiger partial charge in [-0.3, -0.25) is 0 Å². The molecule has 1 aromatic heterocycles. The van der Waals surface area contributed by atoms with E-state index in [4.69, 9.17) is 0 Å². The van der Waals surface area contributed by atoms with Gasteiger partial charge >= 0.3 is 6.36 Å². The molecule has 0 amide bonds. The van der Waals surface area contributed by atoms with Crippen LogP contribution in [0.5, 0.6) is 5.75 Å². The molecular weight excluding hydrogens is 289 g/mol. The number of hydrogen-bond donors (Lipinski definition) is 1. The molecule has 1 aromatic carbocycles. The van der Waals surface area contributed by atoms with Crippen LogP contribution < -0.4 is 4.74 Å². The predicted octanol–water partition coefficient (Wildman–Crippen LogP) is 4.31. The first-order valence-corrected chi connectivity index (χ1v) is 6.93. The molecule has 0 fully saturated rings. The number of aliphatic hydroxyl groups is 1. The van der Waals surface area contributed by atoms with Gasteiger partial charge in [-0.1, -0.05) is 12.1 Å². The van der Waals surface area contributed by atoms with Crippen molar-refractivity contribution in [3.8, 4) is 5.75 Å². The van der Waals surface area contributed by atoms with Crippen molar-refractivity contribution in [2.24, 2.45) is 0 Å². The van der Waals surface area contributed by atoms with Gasteiger partial charge in [0.2, 0.25) is 0 Å². The number of halogens is 3. The summed E-state index contributed by atoms with van der Waals surface area (Å²) < 4.78 is 40.2. The summed E-state index contributed by atoms with van der Waals surface area (Å²) in [7, 11) is 0. The molecule has 2 aromatic rings. The third-order valence-corrected chi connectivity index (χ3v) is 3.50. The quantitative estimate of drug-likeness (QED) is 0.891. The first-order chi connectivity index (χ1) is 9.44.